The van der Waals surface area contributed by atoms with Crippen LogP contribution in [0.2, 0.25) is 0 Å². The Morgan fingerprint density at radius 2 is 1.32 bits per heavy atom. The van der Waals surface area contributed by atoms with E-state index in [9.17, 15) is 44.3 Å². The largest absolute Gasteiger partial charge is 0.489 e. The standard InChI is InChI=1S/C16H14F9NO2/c1-8(27)26-4-2-10(3-5-26)28-13-11(15(20,21)22)6-9(14(17,18)19)7-12(13)16(23,24)25/h6-7,10H,2-5H2,1H3. The van der Waals surface area contributed by atoms with Crippen LogP contribution < -0.4 is 4.74 Å². The number of hydrogen-bond donors (Lipinski definition) is 0. The number of hydrogen-bond acceptors (Lipinski definition) is 2. The first-order valence-electron chi connectivity index (χ1n) is 7.92. The molecule has 1 aliphatic heterocycles. The fourth-order valence-electron chi connectivity index (χ4n) is 2.80. The van der Waals surface area contributed by atoms with Gasteiger partial charge in [0.25, 0.3) is 0 Å². The van der Waals surface area contributed by atoms with Gasteiger partial charge in [0.2, 0.25) is 5.91 Å². The summed E-state index contributed by atoms with van der Waals surface area (Å²) >= 11 is 0. The monoisotopic (exact) mass is 423 g/mol. The summed E-state index contributed by atoms with van der Waals surface area (Å²) in [5.74, 6) is -2.01. The zero-order valence-corrected chi connectivity index (χ0v) is 14.2. The first kappa shape index (κ1) is 22.2. The maximum absolute atomic E-state index is 13.2. The number of halogens is 9. The van der Waals surface area contributed by atoms with Crippen molar-refractivity contribution in [2.24, 2.45) is 0 Å². The molecule has 0 aromatic heterocycles. The summed E-state index contributed by atoms with van der Waals surface area (Å²) in [6.45, 7) is 1.34. The SMILES string of the molecule is CC(=O)N1CCC(Oc2c(C(F)(F)F)cc(C(F)(F)F)cc2C(F)(F)F)CC1. The van der Waals surface area contributed by atoms with Crippen molar-refractivity contribution < 1.29 is 49.0 Å². The summed E-state index contributed by atoms with van der Waals surface area (Å²) in [5, 5.41) is 0. The second-order valence-electron chi connectivity index (χ2n) is 6.22. The molecular formula is C16H14F9NO2. The van der Waals surface area contributed by atoms with E-state index in [1.807, 2.05) is 0 Å². The van der Waals surface area contributed by atoms with E-state index in [4.69, 9.17) is 4.74 Å². The van der Waals surface area contributed by atoms with E-state index < -0.39 is 59.2 Å². The second-order valence-corrected chi connectivity index (χ2v) is 6.22. The Morgan fingerprint density at radius 3 is 1.64 bits per heavy atom. The van der Waals surface area contributed by atoms with Crippen molar-refractivity contribution in [2.75, 3.05) is 13.1 Å². The van der Waals surface area contributed by atoms with Crippen LogP contribution in [0.4, 0.5) is 39.5 Å². The summed E-state index contributed by atoms with van der Waals surface area (Å²) in [7, 11) is 0. The van der Waals surface area contributed by atoms with Crippen LogP contribution in [0.15, 0.2) is 12.1 Å². The molecule has 28 heavy (non-hydrogen) atoms. The van der Waals surface area contributed by atoms with E-state index in [1.165, 1.54) is 11.8 Å². The highest BCUT2D eigenvalue weighted by Crippen LogP contribution is 2.48. The van der Waals surface area contributed by atoms with Gasteiger partial charge in [-0.15, -0.1) is 0 Å². The summed E-state index contributed by atoms with van der Waals surface area (Å²) in [6.07, 6.45) is -17.7. The molecule has 1 amide bonds. The normalized spacial score (nSPS) is 17.0. The Labute approximate surface area is 153 Å². The average molecular weight is 423 g/mol. The Morgan fingerprint density at radius 1 is 0.893 bits per heavy atom. The number of carbonyl (C=O) groups is 1. The van der Waals surface area contributed by atoms with Crippen molar-refractivity contribution in [3.05, 3.63) is 28.8 Å². The molecule has 1 aromatic rings. The van der Waals surface area contributed by atoms with Crippen LogP contribution in [0.25, 0.3) is 0 Å². The Hall–Kier alpha value is -2.14. The molecule has 1 fully saturated rings. The molecule has 0 unspecified atom stereocenters. The number of benzene rings is 1. The van der Waals surface area contributed by atoms with Gasteiger partial charge in [-0.25, -0.2) is 0 Å². The summed E-state index contributed by atoms with van der Waals surface area (Å²) in [6, 6.07) is -0.787. The molecule has 0 aliphatic carbocycles. The number of ether oxygens (including phenoxy) is 1. The predicted molar refractivity (Wildman–Crippen MR) is 77.4 cm³/mol. The molecule has 0 saturated carbocycles. The lowest BCUT2D eigenvalue weighted by Crippen LogP contribution is -2.41. The van der Waals surface area contributed by atoms with Gasteiger partial charge in [-0.1, -0.05) is 0 Å². The highest BCUT2D eigenvalue weighted by Gasteiger charge is 2.46. The van der Waals surface area contributed by atoms with Gasteiger partial charge in [0.05, 0.1) is 16.7 Å². The molecule has 1 aliphatic rings. The number of amides is 1. The van der Waals surface area contributed by atoms with Crippen molar-refractivity contribution in [2.45, 2.75) is 44.4 Å². The fraction of sp³-hybridized carbons (Fsp3) is 0.562. The fourth-order valence-corrected chi connectivity index (χ4v) is 2.80. The molecule has 158 valence electrons. The first-order chi connectivity index (χ1) is 12.6. The Bertz CT molecular complexity index is 694. The van der Waals surface area contributed by atoms with Gasteiger partial charge < -0.3 is 9.64 Å². The van der Waals surface area contributed by atoms with Gasteiger partial charge in [0, 0.05) is 32.9 Å². The third-order valence-electron chi connectivity index (χ3n) is 4.20. The van der Waals surface area contributed by atoms with Gasteiger partial charge in [-0.05, 0) is 12.1 Å². The van der Waals surface area contributed by atoms with Crippen molar-refractivity contribution in [1.82, 2.24) is 4.90 Å². The van der Waals surface area contributed by atoms with E-state index in [0.29, 0.717) is 0 Å². The smallest absolute Gasteiger partial charge is 0.419 e. The van der Waals surface area contributed by atoms with E-state index >= 15 is 0 Å². The number of likely N-dealkylation sites (tertiary alicyclic amines) is 1. The molecule has 0 N–H and O–H groups in total. The molecular weight excluding hydrogens is 409 g/mol. The van der Waals surface area contributed by atoms with Crippen molar-refractivity contribution in [1.29, 1.82) is 0 Å². The molecule has 1 heterocycles. The predicted octanol–water partition coefficient (Wildman–Crippen LogP) is 5.13. The number of carbonyl (C=O) groups excluding carboxylic acids is 1. The molecule has 1 saturated heterocycles. The Balaban J connectivity index is 2.51. The lowest BCUT2D eigenvalue weighted by atomic mass is 10.0. The molecule has 0 bridgehead atoms. The van der Waals surface area contributed by atoms with E-state index in [1.54, 1.807) is 0 Å². The van der Waals surface area contributed by atoms with Crippen LogP contribution in [0.3, 0.4) is 0 Å². The molecule has 0 spiro atoms. The number of alkyl halides is 9. The van der Waals surface area contributed by atoms with Gasteiger partial charge >= 0.3 is 18.5 Å². The number of piperidine rings is 1. The summed E-state index contributed by atoms with van der Waals surface area (Å²) in [4.78, 5) is 12.6. The lowest BCUT2D eigenvalue weighted by molar-refractivity contribution is -0.151. The van der Waals surface area contributed by atoms with Crippen molar-refractivity contribution in [3.63, 3.8) is 0 Å². The minimum atomic E-state index is -5.50. The van der Waals surface area contributed by atoms with Gasteiger partial charge in [0.15, 0.2) is 0 Å². The zero-order chi connectivity index (χ0) is 21.5. The minimum Gasteiger partial charge on any atom is -0.489 e. The third-order valence-corrected chi connectivity index (χ3v) is 4.20. The maximum Gasteiger partial charge on any atom is 0.419 e. The lowest BCUT2D eigenvalue weighted by Gasteiger charge is -2.33. The topological polar surface area (TPSA) is 29.5 Å². The average Bonchev–Trinajstić information content (AvgIpc) is 2.52. The van der Waals surface area contributed by atoms with E-state index in [-0.39, 0.29) is 31.8 Å². The van der Waals surface area contributed by atoms with E-state index in [2.05, 4.69) is 0 Å². The van der Waals surface area contributed by atoms with Crippen LogP contribution >= 0.6 is 0 Å². The highest BCUT2D eigenvalue weighted by atomic mass is 19.4. The van der Waals surface area contributed by atoms with Crippen molar-refractivity contribution in [3.8, 4) is 5.75 Å². The third kappa shape index (κ3) is 5.02. The maximum atomic E-state index is 13.2. The highest BCUT2D eigenvalue weighted by molar-refractivity contribution is 5.73. The molecule has 1 aromatic carbocycles. The van der Waals surface area contributed by atoms with Crippen molar-refractivity contribution >= 4 is 5.91 Å². The van der Waals surface area contributed by atoms with Crippen LogP contribution in [0.1, 0.15) is 36.5 Å². The molecule has 2 rings (SSSR count). The van der Waals surface area contributed by atoms with Gasteiger partial charge in [-0.3, -0.25) is 4.79 Å². The van der Waals surface area contributed by atoms with Crippen LogP contribution in [-0.2, 0) is 23.3 Å². The molecule has 3 nitrogen and oxygen atoms in total. The van der Waals surface area contributed by atoms with Crippen LogP contribution in [0.5, 0.6) is 5.75 Å². The summed E-state index contributed by atoms with van der Waals surface area (Å²) < 4.78 is 123. The molecule has 12 heteroatoms. The zero-order valence-electron chi connectivity index (χ0n) is 14.2. The minimum absolute atomic E-state index is 0.0450. The van der Waals surface area contributed by atoms with Gasteiger partial charge in [0.1, 0.15) is 11.9 Å². The van der Waals surface area contributed by atoms with Crippen LogP contribution in [-0.4, -0.2) is 30.0 Å². The second kappa shape index (κ2) is 7.36. The molecule has 0 atom stereocenters. The molecule has 0 radical (unpaired) electrons. The number of rotatable bonds is 2. The van der Waals surface area contributed by atoms with E-state index in [0.717, 1.165) is 0 Å². The first-order valence-corrected chi connectivity index (χ1v) is 7.92. The summed E-state index contributed by atoms with van der Waals surface area (Å²) in [5.41, 5.74) is -6.38. The van der Waals surface area contributed by atoms with Crippen LogP contribution in [0, 0.1) is 0 Å². The quantitative estimate of drug-likeness (QED) is 0.618. The van der Waals surface area contributed by atoms with Gasteiger partial charge in [-0.2, -0.15) is 39.5 Å². The number of nitrogens with zero attached hydrogens (tertiary/aromatic N) is 1. The Kier molecular flexibility index (Phi) is 5.82.